The Balaban J connectivity index is 1.21. The first-order valence-electron chi connectivity index (χ1n) is 26.2. The normalized spacial score (nSPS) is 13.6. The minimum atomic E-state index is -4.22. The lowest BCUT2D eigenvalue weighted by molar-refractivity contribution is -0.156. The molecule has 1 aliphatic rings. The molecule has 0 heterocycles. The number of alkyl carbamates (subject to hydrolysis) is 1. The van der Waals surface area contributed by atoms with Gasteiger partial charge in [0.1, 0.15) is 48.7 Å². The van der Waals surface area contributed by atoms with Crippen LogP contribution in [-0.2, 0) is 61.1 Å². The SMILES string of the molecule is COc1cc(C)c(S(=O)(=O)NC(N)=NCCC[C@H](NC(=O)[C@H](Cc2ccccc2)NC(=O)[C@H](Cc2ccccc2)NC(=O)[C@H](CC(=O)OC(C)(C)C)NC(=O)OCC2c3ccccc3-c3ccccc32)C(=O)NCC(=O)O)c(C)c1C. The largest absolute Gasteiger partial charge is 0.496 e. The van der Waals surface area contributed by atoms with Crippen molar-refractivity contribution in [3.8, 4) is 16.9 Å². The lowest BCUT2D eigenvalue weighted by atomic mass is 9.98. The van der Waals surface area contributed by atoms with Gasteiger partial charge in [-0.15, -0.1) is 0 Å². The number of hydrogen-bond acceptors (Lipinski definition) is 13. The number of carbonyl (C=O) groups is 7. The van der Waals surface area contributed by atoms with Gasteiger partial charge >= 0.3 is 18.0 Å². The first-order valence-corrected chi connectivity index (χ1v) is 27.7. The van der Waals surface area contributed by atoms with Crippen LogP contribution in [0.4, 0.5) is 4.79 Å². The summed E-state index contributed by atoms with van der Waals surface area (Å²) in [6, 6.07) is 28.4. The number of aliphatic carboxylic acids is 1. The topological polar surface area (TPSA) is 312 Å². The number of aliphatic imine (C=N–C) groups is 1. The van der Waals surface area contributed by atoms with E-state index in [0.717, 1.165) is 22.3 Å². The van der Waals surface area contributed by atoms with E-state index in [1.54, 1.807) is 108 Å². The van der Waals surface area contributed by atoms with Crippen molar-refractivity contribution >= 4 is 57.6 Å². The number of nitrogens with zero attached hydrogens (tertiary/aromatic N) is 1. The number of carbonyl (C=O) groups excluding carboxylic acids is 6. The molecule has 6 rings (SSSR count). The van der Waals surface area contributed by atoms with Crippen molar-refractivity contribution in [1.82, 2.24) is 31.3 Å². The van der Waals surface area contributed by atoms with Gasteiger partial charge in [-0.2, -0.15) is 0 Å². The quantitative estimate of drug-likeness (QED) is 0.0169. The predicted octanol–water partition coefficient (Wildman–Crippen LogP) is 4.77. The number of sulfonamides is 1. The van der Waals surface area contributed by atoms with E-state index in [0.29, 0.717) is 33.6 Å². The summed E-state index contributed by atoms with van der Waals surface area (Å²) in [5, 5.41) is 22.2. The fourth-order valence-corrected chi connectivity index (χ4v) is 10.9. The number of aryl methyl sites for hydroxylation is 1. The molecule has 0 bridgehead atoms. The molecule has 81 heavy (non-hydrogen) atoms. The minimum absolute atomic E-state index is 0.00627. The Hall–Kier alpha value is -8.79. The fraction of sp³-hybridized carbons (Fsp3) is 0.356. The summed E-state index contributed by atoms with van der Waals surface area (Å²) in [6.07, 6.45) is -2.09. The summed E-state index contributed by atoms with van der Waals surface area (Å²) in [4.78, 5) is 100.0. The molecule has 1 aliphatic carbocycles. The van der Waals surface area contributed by atoms with Crippen LogP contribution in [0.15, 0.2) is 125 Å². The summed E-state index contributed by atoms with van der Waals surface area (Å²) in [5.74, 6) is -6.05. The van der Waals surface area contributed by atoms with Gasteiger partial charge in [-0.25, -0.2) is 17.9 Å². The van der Waals surface area contributed by atoms with Gasteiger partial charge in [0.25, 0.3) is 10.0 Å². The highest BCUT2D eigenvalue weighted by Gasteiger charge is 2.35. The van der Waals surface area contributed by atoms with Crippen LogP contribution in [0.2, 0.25) is 0 Å². The zero-order valence-electron chi connectivity index (χ0n) is 46.3. The van der Waals surface area contributed by atoms with E-state index in [4.69, 9.17) is 19.9 Å². The van der Waals surface area contributed by atoms with Crippen molar-refractivity contribution in [2.24, 2.45) is 10.7 Å². The second kappa shape index (κ2) is 27.9. The third-order valence-corrected chi connectivity index (χ3v) is 14.9. The molecule has 5 aromatic carbocycles. The Morgan fingerprint density at radius 3 is 1.70 bits per heavy atom. The molecule has 22 heteroatoms. The number of hydrogen-bond donors (Lipinski definition) is 8. The number of methoxy groups -OCH3 is 1. The summed E-state index contributed by atoms with van der Waals surface area (Å²) in [7, 11) is -2.74. The highest BCUT2D eigenvalue weighted by Crippen LogP contribution is 2.44. The summed E-state index contributed by atoms with van der Waals surface area (Å²) < 4.78 is 45.9. The molecule has 0 aliphatic heterocycles. The van der Waals surface area contributed by atoms with Gasteiger partial charge in [0.05, 0.1) is 18.4 Å². The van der Waals surface area contributed by atoms with Crippen molar-refractivity contribution < 1.29 is 61.3 Å². The van der Waals surface area contributed by atoms with E-state index in [1.807, 2.05) is 48.5 Å². The zero-order valence-corrected chi connectivity index (χ0v) is 47.1. The third-order valence-electron chi connectivity index (χ3n) is 13.3. The van der Waals surface area contributed by atoms with Crippen LogP contribution in [0.3, 0.4) is 0 Å². The van der Waals surface area contributed by atoms with E-state index in [9.17, 15) is 47.1 Å². The highest BCUT2D eigenvalue weighted by atomic mass is 32.2. The summed E-state index contributed by atoms with van der Waals surface area (Å²) >= 11 is 0. The van der Waals surface area contributed by atoms with Crippen LogP contribution in [-0.4, -0.2) is 118 Å². The average molecular weight is 1130 g/mol. The molecule has 5 amide bonds. The average Bonchev–Trinajstić information content (AvgIpc) is 3.87. The van der Waals surface area contributed by atoms with Crippen molar-refractivity contribution in [3.05, 3.63) is 154 Å². The number of nitrogens with two attached hydrogens (primary N) is 1. The number of nitrogens with one attached hydrogen (secondary N) is 6. The van der Waals surface area contributed by atoms with Crippen molar-refractivity contribution in [1.29, 1.82) is 0 Å². The smallest absolute Gasteiger partial charge is 0.407 e. The number of ether oxygens (including phenoxy) is 3. The molecule has 0 spiro atoms. The van der Waals surface area contributed by atoms with Gasteiger partial charge in [-0.05, 0) is 111 Å². The number of carboxylic acid groups (broad SMARTS) is 1. The van der Waals surface area contributed by atoms with E-state index < -0.39 is 100 Å². The summed E-state index contributed by atoms with van der Waals surface area (Å²) in [6.45, 7) is 8.83. The number of rotatable bonds is 25. The second-order valence-electron chi connectivity index (χ2n) is 20.5. The van der Waals surface area contributed by atoms with Crippen molar-refractivity contribution in [2.75, 3.05) is 26.8 Å². The molecule has 0 aromatic heterocycles. The van der Waals surface area contributed by atoms with Gasteiger partial charge in [-0.1, -0.05) is 109 Å². The second-order valence-corrected chi connectivity index (χ2v) is 22.1. The molecule has 4 atom stereocenters. The molecule has 5 aromatic rings. The fourth-order valence-electron chi connectivity index (χ4n) is 9.39. The maximum absolute atomic E-state index is 14.7. The number of esters is 1. The predicted molar refractivity (Wildman–Crippen MR) is 302 cm³/mol. The van der Waals surface area contributed by atoms with Crippen LogP contribution < -0.4 is 41.8 Å². The molecule has 0 saturated heterocycles. The number of fused-ring (bicyclic) bond motifs is 3. The number of carboxylic acids is 1. The number of guanidine groups is 1. The van der Waals surface area contributed by atoms with E-state index in [2.05, 4.69) is 36.3 Å². The Labute approximate surface area is 471 Å². The van der Waals surface area contributed by atoms with Crippen LogP contribution in [0.25, 0.3) is 11.1 Å². The Morgan fingerprint density at radius 2 is 1.19 bits per heavy atom. The monoisotopic (exact) mass is 1130 g/mol. The molecule has 0 fully saturated rings. The standard InChI is InChI=1S/C59H70N8O13S/c1-35-29-49(78-7)36(2)37(3)52(35)81(76,77)67-57(60)61-28-18-27-45(53(71)62-33-50(68)69)63-54(72)46(30-38-19-10-8-11-20-38)64-55(73)47(31-39-21-12-9-13-22-39)65-56(74)48(32-51(70)80-59(4,5)6)66-58(75)79-34-44-42-25-16-14-23-40(42)41-24-15-17-26-43(41)44/h8-17,19-26,29,44-48H,18,27-28,30-34H2,1-7H3,(H,62,71)(H,63,72)(H,64,73)(H,65,74)(H,66,75)(H,68,69)(H3,60,61,67)/t45-,46-,47-,48-/m0/s1. The van der Waals surface area contributed by atoms with Crippen molar-refractivity contribution in [2.45, 2.75) is 114 Å². The van der Waals surface area contributed by atoms with Crippen LogP contribution in [0, 0.1) is 20.8 Å². The summed E-state index contributed by atoms with van der Waals surface area (Å²) in [5.41, 5.74) is 11.6. The maximum atomic E-state index is 14.7. The first-order chi connectivity index (χ1) is 38.4. The molecule has 0 unspecified atom stereocenters. The Morgan fingerprint density at radius 1 is 0.679 bits per heavy atom. The van der Waals surface area contributed by atoms with E-state index in [1.165, 1.54) is 7.11 Å². The molecule has 21 nitrogen and oxygen atoms in total. The number of amides is 5. The van der Waals surface area contributed by atoms with Crippen molar-refractivity contribution in [3.63, 3.8) is 0 Å². The number of benzene rings is 5. The van der Waals surface area contributed by atoms with Gasteiger partial charge in [0.2, 0.25) is 29.6 Å². The van der Waals surface area contributed by atoms with Gasteiger partial charge in [-0.3, -0.25) is 33.8 Å². The van der Waals surface area contributed by atoms with E-state index in [-0.39, 0.29) is 49.6 Å². The minimum Gasteiger partial charge on any atom is -0.496 e. The van der Waals surface area contributed by atoms with Gasteiger partial charge < -0.3 is 51.6 Å². The highest BCUT2D eigenvalue weighted by molar-refractivity contribution is 7.90. The van der Waals surface area contributed by atoms with Gasteiger partial charge in [0.15, 0.2) is 0 Å². The van der Waals surface area contributed by atoms with Crippen LogP contribution in [0.1, 0.15) is 84.9 Å². The first kappa shape index (κ1) is 61.4. The van der Waals surface area contributed by atoms with Crippen LogP contribution in [0.5, 0.6) is 5.75 Å². The van der Waals surface area contributed by atoms with Gasteiger partial charge in [0, 0.05) is 25.3 Å². The maximum Gasteiger partial charge on any atom is 0.407 e. The molecular formula is C59H70N8O13S. The van der Waals surface area contributed by atoms with Crippen LogP contribution >= 0.6 is 0 Å². The molecule has 0 saturated carbocycles. The lowest BCUT2D eigenvalue weighted by Gasteiger charge is -2.27. The molecule has 9 N–H and O–H groups in total. The lowest BCUT2D eigenvalue weighted by Crippen LogP contribution is -2.59. The molecule has 430 valence electrons. The third kappa shape index (κ3) is 17.4. The van der Waals surface area contributed by atoms with E-state index >= 15 is 0 Å². The Kier molecular flexibility index (Phi) is 21.1. The zero-order chi connectivity index (χ0) is 59.0. The molecule has 0 radical (unpaired) electrons. The molecular weight excluding hydrogens is 1060 g/mol. The Bertz CT molecular complexity index is 3200.